The number of carbonyl (C=O) groups excluding carboxylic acids is 1. The van der Waals surface area contributed by atoms with Gasteiger partial charge in [-0.3, -0.25) is 9.59 Å². The number of amides is 1. The van der Waals surface area contributed by atoms with Gasteiger partial charge in [0.2, 0.25) is 0 Å². The molecular weight excluding hydrogens is 513 g/mol. The fourth-order valence-electron chi connectivity index (χ4n) is 4.63. The van der Waals surface area contributed by atoms with Crippen molar-refractivity contribution < 1.29 is 27.9 Å². The van der Waals surface area contributed by atoms with Gasteiger partial charge >= 0.3 is 5.97 Å². The maximum atomic E-state index is 13.7. The first kappa shape index (κ1) is 25.9. The Labute approximate surface area is 214 Å². The van der Waals surface area contributed by atoms with E-state index >= 15 is 0 Å². The van der Waals surface area contributed by atoms with Crippen LogP contribution in [0.1, 0.15) is 55.9 Å². The van der Waals surface area contributed by atoms with Crippen LogP contribution in [0.15, 0.2) is 48.5 Å². The summed E-state index contributed by atoms with van der Waals surface area (Å²) in [5, 5.41) is 10.1. The van der Waals surface area contributed by atoms with Crippen LogP contribution in [-0.2, 0) is 24.2 Å². The van der Waals surface area contributed by atoms with E-state index in [1.54, 1.807) is 48.5 Å². The summed E-state index contributed by atoms with van der Waals surface area (Å²) in [5.74, 6) is -1.91. The molecule has 0 aromatic heterocycles. The molecule has 2 aromatic rings. The van der Waals surface area contributed by atoms with Gasteiger partial charge in [-0.25, -0.2) is 8.42 Å². The third-order valence-electron chi connectivity index (χ3n) is 6.50. The topological polar surface area (TPSA) is 101 Å². The Morgan fingerprint density at radius 1 is 1.11 bits per heavy atom. The highest BCUT2D eigenvalue weighted by Crippen LogP contribution is 2.45. The van der Waals surface area contributed by atoms with Crippen LogP contribution in [0.2, 0.25) is 10.0 Å². The lowest BCUT2D eigenvalue weighted by atomic mass is 9.89. The van der Waals surface area contributed by atoms with E-state index in [4.69, 9.17) is 27.9 Å². The molecule has 1 heterocycles. The number of halogens is 2. The van der Waals surface area contributed by atoms with Crippen LogP contribution in [0.25, 0.3) is 0 Å². The molecule has 0 radical (unpaired) electrons. The van der Waals surface area contributed by atoms with E-state index in [9.17, 15) is 23.1 Å². The van der Waals surface area contributed by atoms with Crippen molar-refractivity contribution in [1.29, 1.82) is 0 Å². The summed E-state index contributed by atoms with van der Waals surface area (Å²) in [4.78, 5) is 26.8. The quantitative estimate of drug-likeness (QED) is 0.489. The second-order valence-corrected chi connectivity index (χ2v) is 12.2. The predicted molar refractivity (Wildman–Crippen MR) is 133 cm³/mol. The molecule has 0 spiro atoms. The van der Waals surface area contributed by atoms with Crippen molar-refractivity contribution in [2.75, 3.05) is 5.75 Å². The van der Waals surface area contributed by atoms with E-state index in [2.05, 4.69) is 0 Å². The molecular formula is C25H27Cl2NO6S. The minimum Gasteiger partial charge on any atom is -0.481 e. The smallest absolute Gasteiger partial charge is 0.306 e. The average molecular weight is 540 g/mol. The monoisotopic (exact) mass is 539 g/mol. The highest BCUT2D eigenvalue weighted by Gasteiger charge is 2.48. The van der Waals surface area contributed by atoms with Gasteiger partial charge in [0.15, 0.2) is 9.84 Å². The number of ether oxygens (including phenoxy) is 1. The number of sulfone groups is 1. The first-order valence-electron chi connectivity index (χ1n) is 11.5. The Hall–Kier alpha value is -2.13. The van der Waals surface area contributed by atoms with Gasteiger partial charge in [-0.1, -0.05) is 54.4 Å². The van der Waals surface area contributed by atoms with Crippen molar-refractivity contribution in [2.45, 2.75) is 62.1 Å². The van der Waals surface area contributed by atoms with E-state index < -0.39 is 52.4 Å². The molecule has 1 aliphatic heterocycles. The number of carboxylic acid groups (broad SMARTS) is 1. The normalized spacial score (nSPS) is 23.8. The van der Waals surface area contributed by atoms with Crippen molar-refractivity contribution in [3.8, 4) is 0 Å². The van der Waals surface area contributed by atoms with Gasteiger partial charge in [-0.15, -0.1) is 0 Å². The SMILES string of the molecule is CCC(CS(=O)(=O)C1CC1)N1C(=O)[C@H](CC(=O)O)O[C@H](c2cccc(Cl)c2)[C@H]1c1ccc(Cl)cc1. The lowest BCUT2D eigenvalue weighted by molar-refractivity contribution is -0.182. The number of carbonyl (C=O) groups is 2. The molecule has 4 atom stereocenters. The molecule has 0 bridgehead atoms. The first-order valence-corrected chi connectivity index (χ1v) is 14.0. The molecule has 35 heavy (non-hydrogen) atoms. The summed E-state index contributed by atoms with van der Waals surface area (Å²) >= 11 is 12.4. The number of rotatable bonds is 9. The lowest BCUT2D eigenvalue weighted by Gasteiger charge is -2.48. The molecule has 1 saturated heterocycles. The van der Waals surface area contributed by atoms with E-state index in [1.807, 2.05) is 6.92 Å². The number of hydrogen-bond donors (Lipinski definition) is 1. The minimum absolute atomic E-state index is 0.188. The fourth-order valence-corrected chi connectivity index (χ4v) is 7.01. The van der Waals surface area contributed by atoms with Gasteiger partial charge < -0.3 is 14.7 Å². The van der Waals surface area contributed by atoms with Gasteiger partial charge in [-0.05, 0) is 54.7 Å². The second kappa shape index (κ2) is 10.5. The molecule has 1 saturated carbocycles. The van der Waals surface area contributed by atoms with Crippen molar-refractivity contribution in [3.05, 3.63) is 69.7 Å². The Balaban J connectivity index is 1.84. The Morgan fingerprint density at radius 2 is 1.80 bits per heavy atom. The van der Waals surface area contributed by atoms with E-state index in [1.165, 1.54) is 4.90 Å². The molecule has 7 nitrogen and oxygen atoms in total. The molecule has 2 fully saturated rings. The van der Waals surface area contributed by atoms with Crippen molar-refractivity contribution in [2.24, 2.45) is 0 Å². The summed E-state index contributed by atoms with van der Waals surface area (Å²) in [7, 11) is -3.41. The average Bonchev–Trinajstić information content (AvgIpc) is 3.65. The molecule has 1 amide bonds. The number of carboxylic acids is 1. The summed E-state index contributed by atoms with van der Waals surface area (Å²) in [6, 6.07) is 12.5. The number of nitrogens with zero attached hydrogens (tertiary/aromatic N) is 1. The third kappa shape index (κ3) is 5.82. The highest BCUT2D eigenvalue weighted by atomic mass is 35.5. The van der Waals surface area contributed by atoms with Crippen LogP contribution in [0.4, 0.5) is 0 Å². The number of aliphatic carboxylic acids is 1. The molecule has 1 N–H and O–H groups in total. The fraction of sp³-hybridized carbons (Fsp3) is 0.440. The maximum absolute atomic E-state index is 13.7. The van der Waals surface area contributed by atoms with Crippen LogP contribution in [0.3, 0.4) is 0 Å². The van der Waals surface area contributed by atoms with Crippen LogP contribution in [0.5, 0.6) is 0 Å². The van der Waals surface area contributed by atoms with Gasteiger partial charge in [0.05, 0.1) is 23.5 Å². The summed E-state index contributed by atoms with van der Waals surface area (Å²) in [5.41, 5.74) is 1.36. The zero-order chi connectivity index (χ0) is 25.3. The maximum Gasteiger partial charge on any atom is 0.306 e. The van der Waals surface area contributed by atoms with Crippen LogP contribution in [0, 0.1) is 0 Å². The lowest BCUT2D eigenvalue weighted by Crippen LogP contribution is -2.56. The van der Waals surface area contributed by atoms with Gasteiger partial charge in [0.25, 0.3) is 5.91 Å². The Bertz CT molecular complexity index is 1200. The molecule has 10 heteroatoms. The first-order chi connectivity index (χ1) is 16.6. The standard InChI is InChI=1S/C25H27Cl2NO6S/c1-2-19(14-35(32,33)20-10-11-20)28-23(15-6-8-17(26)9-7-15)24(16-4-3-5-18(27)12-16)34-21(25(28)31)13-22(29)30/h3-9,12,19-21,23-24H,2,10-11,13-14H2,1H3,(H,29,30)/t19?,21-,23+,24+/m0/s1. The number of morpholine rings is 1. The van der Waals surface area contributed by atoms with Crippen LogP contribution in [-0.4, -0.2) is 53.4 Å². The van der Waals surface area contributed by atoms with E-state index in [0.29, 0.717) is 40.4 Å². The van der Waals surface area contributed by atoms with Crippen molar-refractivity contribution in [3.63, 3.8) is 0 Å². The third-order valence-corrected chi connectivity index (χ3v) is 9.32. The zero-order valence-electron chi connectivity index (χ0n) is 19.1. The Kier molecular flexibility index (Phi) is 7.76. The highest BCUT2D eigenvalue weighted by molar-refractivity contribution is 7.92. The zero-order valence-corrected chi connectivity index (χ0v) is 21.5. The Morgan fingerprint density at radius 3 is 2.37 bits per heavy atom. The molecule has 1 aliphatic carbocycles. The van der Waals surface area contributed by atoms with Crippen molar-refractivity contribution >= 4 is 44.9 Å². The summed E-state index contributed by atoms with van der Waals surface area (Å²) in [6.07, 6.45) is -0.936. The molecule has 188 valence electrons. The predicted octanol–water partition coefficient (Wildman–Crippen LogP) is 4.83. The van der Waals surface area contributed by atoms with E-state index in [0.717, 1.165) is 0 Å². The number of benzene rings is 2. The summed E-state index contributed by atoms with van der Waals surface area (Å²) in [6.45, 7) is 1.83. The van der Waals surface area contributed by atoms with Gasteiger partial charge in [-0.2, -0.15) is 0 Å². The second-order valence-electron chi connectivity index (χ2n) is 9.03. The molecule has 2 aromatic carbocycles. The van der Waals surface area contributed by atoms with Crippen LogP contribution >= 0.6 is 23.2 Å². The largest absolute Gasteiger partial charge is 0.481 e. The molecule has 1 unspecified atom stereocenters. The van der Waals surface area contributed by atoms with Gasteiger partial charge in [0.1, 0.15) is 12.2 Å². The summed E-state index contributed by atoms with van der Waals surface area (Å²) < 4.78 is 32.1. The number of hydrogen-bond acceptors (Lipinski definition) is 5. The molecule has 2 aliphatic rings. The minimum atomic E-state index is -3.41. The molecule has 4 rings (SSSR count). The van der Waals surface area contributed by atoms with Crippen molar-refractivity contribution in [1.82, 2.24) is 4.90 Å². The van der Waals surface area contributed by atoms with E-state index in [-0.39, 0.29) is 11.0 Å². The van der Waals surface area contributed by atoms with Gasteiger partial charge in [0, 0.05) is 16.1 Å². The van der Waals surface area contributed by atoms with Crippen LogP contribution < -0.4 is 0 Å².